The van der Waals surface area contributed by atoms with Gasteiger partial charge in [-0.15, -0.1) is 9.81 Å². The molecule has 2 N–H and O–H groups in total. The average Bonchev–Trinajstić information content (AvgIpc) is 2.40. The maximum atomic E-state index is 10.1. The SMILES string of the molecule is O=NNc1ccnc(-c2cc(NN=O)ccn2)c1.[Na+]. The van der Waals surface area contributed by atoms with Crippen molar-refractivity contribution in [1.29, 1.82) is 0 Å². The van der Waals surface area contributed by atoms with E-state index in [4.69, 9.17) is 0 Å². The second kappa shape index (κ2) is 7.52. The first-order chi connectivity index (χ1) is 8.83. The van der Waals surface area contributed by atoms with E-state index >= 15 is 0 Å². The van der Waals surface area contributed by atoms with E-state index in [1.807, 2.05) is 0 Å². The van der Waals surface area contributed by atoms with Crippen molar-refractivity contribution in [1.82, 2.24) is 9.97 Å². The molecule has 0 saturated heterocycles. The predicted molar refractivity (Wildman–Crippen MR) is 66.3 cm³/mol. The molecule has 0 amide bonds. The number of nitroso groups, excluding NO2 is 2. The largest absolute Gasteiger partial charge is 1.00 e. The fourth-order valence-corrected chi connectivity index (χ4v) is 1.39. The van der Waals surface area contributed by atoms with E-state index in [-0.39, 0.29) is 29.6 Å². The van der Waals surface area contributed by atoms with Crippen LogP contribution in [0.2, 0.25) is 0 Å². The number of hydrogen-bond acceptors (Lipinski definition) is 6. The third kappa shape index (κ3) is 4.05. The molecule has 0 aliphatic rings. The molecule has 90 valence electrons. The van der Waals surface area contributed by atoms with Gasteiger partial charge in [0.15, 0.2) is 0 Å². The molecule has 0 unspecified atom stereocenters. The fraction of sp³-hybridized carbons (Fsp3) is 0. The van der Waals surface area contributed by atoms with Gasteiger partial charge in [-0.1, -0.05) is 0 Å². The zero-order valence-corrected chi connectivity index (χ0v) is 12.1. The van der Waals surface area contributed by atoms with Crippen molar-refractivity contribution in [3.8, 4) is 11.4 Å². The Labute approximate surface area is 130 Å². The number of anilines is 2. The van der Waals surface area contributed by atoms with Gasteiger partial charge in [0.25, 0.3) is 0 Å². The molecule has 0 aliphatic carbocycles. The molecule has 0 aliphatic heterocycles. The van der Waals surface area contributed by atoms with Gasteiger partial charge in [0.2, 0.25) is 0 Å². The summed E-state index contributed by atoms with van der Waals surface area (Å²) in [4.78, 5) is 28.4. The molecule has 0 fully saturated rings. The minimum absolute atomic E-state index is 0. The second-order valence-electron chi connectivity index (χ2n) is 3.27. The molecule has 2 heterocycles. The third-order valence-electron chi connectivity index (χ3n) is 2.13. The first-order valence-electron chi connectivity index (χ1n) is 4.92. The van der Waals surface area contributed by atoms with Crippen LogP contribution in [0.25, 0.3) is 11.4 Å². The van der Waals surface area contributed by atoms with Gasteiger partial charge in [0.1, 0.15) is 0 Å². The molecule has 2 rings (SSSR count). The summed E-state index contributed by atoms with van der Waals surface area (Å²) in [5, 5.41) is 5.14. The van der Waals surface area contributed by atoms with Gasteiger partial charge in [-0.2, -0.15) is 0 Å². The zero-order valence-electron chi connectivity index (χ0n) is 10.1. The molecule has 2 aromatic rings. The normalized spacial score (nSPS) is 9.05. The van der Waals surface area contributed by atoms with Crippen molar-refractivity contribution in [2.24, 2.45) is 10.6 Å². The van der Waals surface area contributed by atoms with Gasteiger partial charge >= 0.3 is 29.6 Å². The van der Waals surface area contributed by atoms with E-state index < -0.39 is 0 Å². The van der Waals surface area contributed by atoms with Crippen molar-refractivity contribution in [2.75, 3.05) is 10.9 Å². The summed E-state index contributed by atoms with van der Waals surface area (Å²) in [5.74, 6) is 0. The van der Waals surface area contributed by atoms with Crippen LogP contribution < -0.4 is 40.4 Å². The van der Waals surface area contributed by atoms with Crippen LogP contribution in [-0.2, 0) is 0 Å². The Morgan fingerprint density at radius 1 is 0.842 bits per heavy atom. The summed E-state index contributed by atoms with van der Waals surface area (Å²) in [6, 6.07) is 6.42. The first-order valence-corrected chi connectivity index (χ1v) is 4.92. The first kappa shape index (κ1) is 15.2. The second-order valence-corrected chi connectivity index (χ2v) is 3.27. The monoisotopic (exact) mass is 267 g/mol. The molecule has 0 aromatic carbocycles. The zero-order chi connectivity index (χ0) is 12.8. The Morgan fingerprint density at radius 3 is 1.63 bits per heavy atom. The predicted octanol–water partition coefficient (Wildman–Crippen LogP) is -0.666. The van der Waals surface area contributed by atoms with Gasteiger partial charge < -0.3 is 0 Å². The van der Waals surface area contributed by atoms with Crippen molar-refractivity contribution in [3.63, 3.8) is 0 Å². The Kier molecular flexibility index (Phi) is 6.00. The molecular formula is C10H8N6NaO2+. The van der Waals surface area contributed by atoms with Crippen molar-refractivity contribution in [2.45, 2.75) is 0 Å². The standard InChI is InChI=1S/C10H8N6O2.Na/c17-15-13-7-1-3-11-9(5-7)10-6-8(14-16-18)2-4-12-10;/h1-6H,(H,11,13,17)(H,12,14,18);/q;+1. The minimum atomic E-state index is 0. The van der Waals surface area contributed by atoms with Gasteiger partial charge in [-0.05, 0) is 24.3 Å². The van der Waals surface area contributed by atoms with Crippen LogP contribution in [0, 0.1) is 9.81 Å². The van der Waals surface area contributed by atoms with Crippen LogP contribution in [0.5, 0.6) is 0 Å². The molecule has 2 aromatic heterocycles. The molecule has 0 bridgehead atoms. The molecule has 0 spiro atoms. The molecular weight excluding hydrogens is 259 g/mol. The number of rotatable bonds is 5. The Balaban J connectivity index is 0.00000180. The quantitative estimate of drug-likeness (QED) is 0.422. The van der Waals surface area contributed by atoms with Crippen LogP contribution in [-0.4, -0.2) is 9.97 Å². The molecule has 8 nitrogen and oxygen atoms in total. The number of nitrogens with zero attached hydrogens (tertiary/aromatic N) is 4. The summed E-state index contributed by atoms with van der Waals surface area (Å²) < 4.78 is 0. The minimum Gasteiger partial charge on any atom is -0.254 e. The maximum absolute atomic E-state index is 10.1. The molecule has 0 radical (unpaired) electrons. The van der Waals surface area contributed by atoms with E-state index in [1.54, 1.807) is 24.3 Å². The fourth-order valence-electron chi connectivity index (χ4n) is 1.39. The maximum Gasteiger partial charge on any atom is 1.00 e. The van der Waals surface area contributed by atoms with Gasteiger partial charge in [-0.25, -0.2) is 10.9 Å². The van der Waals surface area contributed by atoms with Crippen molar-refractivity contribution >= 4 is 11.4 Å². The van der Waals surface area contributed by atoms with E-state index in [1.165, 1.54) is 12.4 Å². The number of aromatic nitrogens is 2. The van der Waals surface area contributed by atoms with E-state index in [0.717, 1.165) is 0 Å². The van der Waals surface area contributed by atoms with Crippen LogP contribution in [0.4, 0.5) is 11.4 Å². The Morgan fingerprint density at radius 2 is 1.26 bits per heavy atom. The van der Waals surface area contributed by atoms with Gasteiger partial charge in [-0.3, -0.25) is 9.97 Å². The van der Waals surface area contributed by atoms with Crippen LogP contribution >= 0.6 is 0 Å². The van der Waals surface area contributed by atoms with Crippen molar-refractivity contribution < 1.29 is 29.6 Å². The molecule has 9 heteroatoms. The van der Waals surface area contributed by atoms with Crippen LogP contribution in [0.3, 0.4) is 0 Å². The van der Waals surface area contributed by atoms with Crippen LogP contribution in [0.1, 0.15) is 0 Å². The molecule has 0 atom stereocenters. The molecule has 0 saturated carbocycles. The number of pyridine rings is 2. The summed E-state index contributed by atoms with van der Waals surface area (Å²) in [6.45, 7) is 0. The summed E-state index contributed by atoms with van der Waals surface area (Å²) in [5.41, 5.74) is 6.64. The molecule has 19 heavy (non-hydrogen) atoms. The van der Waals surface area contributed by atoms with Gasteiger partial charge in [0, 0.05) is 12.4 Å². The Bertz CT molecular complexity index is 528. The van der Waals surface area contributed by atoms with E-state index in [2.05, 4.69) is 31.4 Å². The Hall–Kier alpha value is -1.90. The van der Waals surface area contributed by atoms with Crippen LogP contribution in [0.15, 0.2) is 47.2 Å². The summed E-state index contributed by atoms with van der Waals surface area (Å²) in [7, 11) is 0. The number of hydrogen-bond donors (Lipinski definition) is 2. The smallest absolute Gasteiger partial charge is 0.254 e. The van der Waals surface area contributed by atoms with Gasteiger partial charge in [0.05, 0.1) is 33.3 Å². The van der Waals surface area contributed by atoms with E-state index in [0.29, 0.717) is 22.8 Å². The number of nitrogens with one attached hydrogen (secondary N) is 2. The topological polar surface area (TPSA) is 109 Å². The summed E-state index contributed by atoms with van der Waals surface area (Å²) in [6.07, 6.45) is 3.03. The average molecular weight is 267 g/mol. The van der Waals surface area contributed by atoms with E-state index in [9.17, 15) is 9.81 Å². The summed E-state index contributed by atoms with van der Waals surface area (Å²) >= 11 is 0. The third-order valence-corrected chi connectivity index (χ3v) is 2.13. The van der Waals surface area contributed by atoms with Crippen molar-refractivity contribution in [3.05, 3.63) is 46.5 Å².